The van der Waals surface area contributed by atoms with Gasteiger partial charge < -0.3 is 10.1 Å². The van der Waals surface area contributed by atoms with Gasteiger partial charge in [-0.3, -0.25) is 9.78 Å². The Morgan fingerprint density at radius 2 is 1.85 bits per heavy atom. The minimum atomic E-state index is -0.240. The van der Waals surface area contributed by atoms with Crippen LogP contribution in [0.2, 0.25) is 0 Å². The molecule has 1 fully saturated rings. The van der Waals surface area contributed by atoms with Crippen molar-refractivity contribution in [1.29, 1.82) is 0 Å². The van der Waals surface area contributed by atoms with Gasteiger partial charge in [0.2, 0.25) is 0 Å². The van der Waals surface area contributed by atoms with E-state index in [0.717, 1.165) is 35.0 Å². The van der Waals surface area contributed by atoms with Crippen molar-refractivity contribution in [1.82, 2.24) is 15.3 Å². The molecule has 2 aromatic heterocycles. The molecule has 0 radical (unpaired) electrons. The van der Waals surface area contributed by atoms with Crippen molar-refractivity contribution in [3.63, 3.8) is 0 Å². The zero-order chi connectivity index (χ0) is 18.0. The van der Waals surface area contributed by atoms with Crippen molar-refractivity contribution < 1.29 is 9.53 Å². The Morgan fingerprint density at radius 1 is 1.12 bits per heavy atom. The van der Waals surface area contributed by atoms with Crippen LogP contribution in [0.25, 0.3) is 22.2 Å². The van der Waals surface area contributed by atoms with Crippen LogP contribution in [-0.4, -0.2) is 34.6 Å². The third-order valence-electron chi connectivity index (χ3n) is 4.95. The van der Waals surface area contributed by atoms with Crippen LogP contribution in [0, 0.1) is 0 Å². The lowest BCUT2D eigenvalue weighted by molar-refractivity contribution is 0.0423. The molecule has 5 nitrogen and oxygen atoms in total. The summed E-state index contributed by atoms with van der Waals surface area (Å²) in [5.74, 6) is -0.0664. The summed E-state index contributed by atoms with van der Waals surface area (Å²) in [5.41, 5.74) is 2.93. The number of nitrogens with one attached hydrogen (secondary N) is 1. The van der Waals surface area contributed by atoms with Crippen LogP contribution in [-0.2, 0) is 4.74 Å². The van der Waals surface area contributed by atoms with Gasteiger partial charge in [-0.05, 0) is 44.0 Å². The molecule has 0 aliphatic carbocycles. The van der Waals surface area contributed by atoms with E-state index >= 15 is 0 Å². The van der Waals surface area contributed by atoms with Crippen LogP contribution >= 0.6 is 0 Å². The van der Waals surface area contributed by atoms with Gasteiger partial charge in [0.1, 0.15) is 0 Å². The molecule has 1 aliphatic rings. The highest BCUT2D eigenvalue weighted by Crippen LogP contribution is 2.26. The first-order valence-corrected chi connectivity index (χ1v) is 8.85. The van der Waals surface area contributed by atoms with Gasteiger partial charge in [0.25, 0.3) is 5.91 Å². The fourth-order valence-electron chi connectivity index (χ4n) is 3.32. The molecule has 0 bridgehead atoms. The lowest BCUT2D eigenvalue weighted by atomic mass is 9.91. The SMILES string of the molecule is CC1(NC(=O)c2cc(-c3ccncc3)nc3ccccc23)CCOCC1. The molecule has 26 heavy (non-hydrogen) atoms. The quantitative estimate of drug-likeness (QED) is 0.786. The number of carbonyl (C=O) groups excluding carboxylic acids is 1. The van der Waals surface area contributed by atoms with E-state index in [9.17, 15) is 4.79 Å². The average Bonchev–Trinajstić information content (AvgIpc) is 2.68. The van der Waals surface area contributed by atoms with Crippen LogP contribution < -0.4 is 5.32 Å². The molecule has 0 unspecified atom stereocenters. The Hall–Kier alpha value is -2.79. The number of para-hydroxylation sites is 1. The zero-order valence-corrected chi connectivity index (χ0v) is 14.7. The predicted molar refractivity (Wildman–Crippen MR) is 101 cm³/mol. The van der Waals surface area contributed by atoms with E-state index in [-0.39, 0.29) is 11.4 Å². The van der Waals surface area contributed by atoms with Crippen LogP contribution in [0.5, 0.6) is 0 Å². The Bertz CT molecular complexity index is 934. The van der Waals surface area contributed by atoms with E-state index in [1.54, 1.807) is 12.4 Å². The van der Waals surface area contributed by atoms with E-state index in [2.05, 4.69) is 17.2 Å². The number of pyridine rings is 2. The first kappa shape index (κ1) is 16.7. The Morgan fingerprint density at radius 3 is 2.62 bits per heavy atom. The second kappa shape index (κ2) is 6.84. The maximum absolute atomic E-state index is 13.1. The molecule has 0 atom stereocenters. The molecule has 1 amide bonds. The smallest absolute Gasteiger partial charge is 0.252 e. The number of benzene rings is 1. The number of ether oxygens (including phenoxy) is 1. The second-order valence-corrected chi connectivity index (χ2v) is 6.94. The van der Waals surface area contributed by atoms with Gasteiger partial charge in [-0.2, -0.15) is 0 Å². The van der Waals surface area contributed by atoms with Crippen LogP contribution in [0.15, 0.2) is 54.9 Å². The van der Waals surface area contributed by atoms with E-state index in [1.807, 2.05) is 42.5 Å². The van der Waals surface area contributed by atoms with Crippen molar-refractivity contribution in [2.24, 2.45) is 0 Å². The summed E-state index contributed by atoms with van der Waals surface area (Å²) in [7, 11) is 0. The van der Waals surface area contributed by atoms with E-state index < -0.39 is 0 Å². The molecular weight excluding hydrogens is 326 g/mol. The van der Waals surface area contributed by atoms with Gasteiger partial charge >= 0.3 is 0 Å². The van der Waals surface area contributed by atoms with Crippen molar-refractivity contribution >= 4 is 16.8 Å². The summed E-state index contributed by atoms with van der Waals surface area (Å²) < 4.78 is 5.43. The second-order valence-electron chi connectivity index (χ2n) is 6.94. The molecule has 1 saturated heterocycles. The Balaban J connectivity index is 1.76. The maximum Gasteiger partial charge on any atom is 0.252 e. The Labute approximate surface area is 152 Å². The molecular formula is C21H21N3O2. The highest BCUT2D eigenvalue weighted by molar-refractivity contribution is 6.07. The summed E-state index contributed by atoms with van der Waals surface area (Å²) in [6.07, 6.45) is 5.10. The number of amides is 1. The number of nitrogens with zero attached hydrogens (tertiary/aromatic N) is 2. The molecule has 0 saturated carbocycles. The van der Waals surface area contributed by atoms with Crippen molar-refractivity contribution in [3.05, 3.63) is 60.4 Å². The topological polar surface area (TPSA) is 64.1 Å². The van der Waals surface area contributed by atoms with Crippen LogP contribution in [0.4, 0.5) is 0 Å². The summed E-state index contributed by atoms with van der Waals surface area (Å²) in [4.78, 5) is 21.9. The first-order valence-electron chi connectivity index (χ1n) is 8.85. The number of hydrogen-bond acceptors (Lipinski definition) is 4. The number of rotatable bonds is 3. The summed E-state index contributed by atoms with van der Waals surface area (Å²) in [6.45, 7) is 3.44. The van der Waals surface area contributed by atoms with Gasteiger partial charge in [-0.25, -0.2) is 4.98 Å². The fraction of sp³-hybridized carbons (Fsp3) is 0.286. The zero-order valence-electron chi connectivity index (χ0n) is 14.7. The van der Waals surface area contributed by atoms with Gasteiger partial charge in [0.05, 0.1) is 16.8 Å². The van der Waals surface area contributed by atoms with E-state index in [0.29, 0.717) is 18.8 Å². The van der Waals surface area contributed by atoms with E-state index in [4.69, 9.17) is 9.72 Å². The van der Waals surface area contributed by atoms with Crippen LogP contribution in [0.1, 0.15) is 30.1 Å². The summed E-state index contributed by atoms with van der Waals surface area (Å²) >= 11 is 0. The maximum atomic E-state index is 13.1. The van der Waals surface area contributed by atoms with Crippen molar-refractivity contribution in [2.75, 3.05) is 13.2 Å². The lowest BCUT2D eigenvalue weighted by Gasteiger charge is -2.34. The molecule has 132 valence electrons. The minimum Gasteiger partial charge on any atom is -0.381 e. The summed E-state index contributed by atoms with van der Waals surface area (Å²) in [6, 6.07) is 13.4. The summed E-state index contributed by atoms with van der Waals surface area (Å²) in [5, 5.41) is 4.08. The molecule has 1 aliphatic heterocycles. The number of hydrogen-bond donors (Lipinski definition) is 1. The van der Waals surface area contributed by atoms with Crippen molar-refractivity contribution in [3.8, 4) is 11.3 Å². The average molecular weight is 347 g/mol. The normalized spacial score (nSPS) is 16.3. The first-order chi connectivity index (χ1) is 12.6. The predicted octanol–water partition coefficient (Wildman–Crippen LogP) is 3.60. The molecule has 3 heterocycles. The van der Waals surface area contributed by atoms with Gasteiger partial charge in [-0.1, -0.05) is 18.2 Å². The molecule has 4 rings (SSSR count). The van der Waals surface area contributed by atoms with E-state index in [1.165, 1.54) is 0 Å². The van der Waals surface area contributed by atoms with Crippen LogP contribution in [0.3, 0.4) is 0 Å². The molecule has 3 aromatic rings. The highest BCUT2D eigenvalue weighted by atomic mass is 16.5. The number of carbonyl (C=O) groups is 1. The number of aromatic nitrogens is 2. The minimum absolute atomic E-state index is 0.0664. The number of fused-ring (bicyclic) bond motifs is 1. The molecule has 1 aromatic carbocycles. The van der Waals surface area contributed by atoms with Crippen molar-refractivity contribution in [2.45, 2.75) is 25.3 Å². The van der Waals surface area contributed by atoms with Gasteiger partial charge in [-0.15, -0.1) is 0 Å². The standard InChI is InChI=1S/C21H21N3O2/c1-21(8-12-26-13-9-21)24-20(25)17-14-19(15-6-10-22-11-7-15)23-18-5-3-2-4-16(17)18/h2-7,10-11,14H,8-9,12-13H2,1H3,(H,24,25). The Kier molecular flexibility index (Phi) is 4.39. The third-order valence-corrected chi connectivity index (χ3v) is 4.95. The van der Waals surface area contributed by atoms with Gasteiger partial charge in [0.15, 0.2) is 0 Å². The largest absolute Gasteiger partial charge is 0.381 e. The lowest BCUT2D eigenvalue weighted by Crippen LogP contribution is -2.49. The molecule has 0 spiro atoms. The third kappa shape index (κ3) is 3.30. The molecule has 1 N–H and O–H groups in total. The monoisotopic (exact) mass is 347 g/mol. The fourth-order valence-corrected chi connectivity index (χ4v) is 3.32. The highest BCUT2D eigenvalue weighted by Gasteiger charge is 2.30. The molecule has 5 heteroatoms. The van der Waals surface area contributed by atoms with Gasteiger partial charge in [0, 0.05) is 42.1 Å².